The van der Waals surface area contributed by atoms with Crippen LogP contribution in [0.15, 0.2) is 0 Å². The van der Waals surface area contributed by atoms with Gasteiger partial charge in [0, 0.05) is 5.41 Å². The molecule has 94 valence electrons. The predicted molar refractivity (Wildman–Crippen MR) is 68.3 cm³/mol. The first-order valence-corrected chi connectivity index (χ1v) is 7.37. The zero-order chi connectivity index (χ0) is 11.8. The second-order valence-electron chi connectivity index (χ2n) is 6.10. The Morgan fingerprint density at radius 3 is 2.25 bits per heavy atom. The van der Waals surface area contributed by atoms with Crippen LogP contribution >= 0.6 is 0 Å². The molecule has 0 spiro atoms. The van der Waals surface area contributed by atoms with Crippen LogP contribution in [-0.4, -0.2) is 10.7 Å². The van der Waals surface area contributed by atoms with Gasteiger partial charge >= 0.3 is 0 Å². The SMILES string of the molecule is CCCCC1(O)C2CCC(C2)C1(CC)CC. The normalized spacial score (nSPS) is 40.5. The van der Waals surface area contributed by atoms with Gasteiger partial charge in [0.25, 0.3) is 0 Å². The van der Waals surface area contributed by atoms with Crippen LogP contribution in [-0.2, 0) is 0 Å². The summed E-state index contributed by atoms with van der Waals surface area (Å²) in [5.74, 6) is 1.43. The summed E-state index contributed by atoms with van der Waals surface area (Å²) >= 11 is 0. The minimum atomic E-state index is -0.324. The van der Waals surface area contributed by atoms with Gasteiger partial charge in [-0.25, -0.2) is 0 Å². The van der Waals surface area contributed by atoms with Gasteiger partial charge in [0.1, 0.15) is 0 Å². The van der Waals surface area contributed by atoms with Crippen LogP contribution in [0, 0.1) is 17.3 Å². The van der Waals surface area contributed by atoms with Gasteiger partial charge in [0.2, 0.25) is 0 Å². The Labute approximate surface area is 101 Å². The quantitative estimate of drug-likeness (QED) is 0.744. The summed E-state index contributed by atoms with van der Waals surface area (Å²) in [7, 11) is 0. The summed E-state index contributed by atoms with van der Waals surface area (Å²) in [4.78, 5) is 0. The predicted octanol–water partition coefficient (Wildman–Crippen LogP) is 4.14. The summed E-state index contributed by atoms with van der Waals surface area (Å²) in [5, 5.41) is 11.2. The smallest absolute Gasteiger partial charge is 0.0734 e. The average molecular weight is 224 g/mol. The molecule has 2 saturated carbocycles. The highest BCUT2D eigenvalue weighted by atomic mass is 16.3. The lowest BCUT2D eigenvalue weighted by atomic mass is 9.58. The second kappa shape index (κ2) is 4.33. The molecular weight excluding hydrogens is 196 g/mol. The lowest BCUT2D eigenvalue weighted by molar-refractivity contribution is -0.134. The molecular formula is C15H28O. The van der Waals surface area contributed by atoms with Crippen LogP contribution in [0.25, 0.3) is 0 Å². The van der Waals surface area contributed by atoms with Crippen molar-refractivity contribution in [3.8, 4) is 0 Å². The third kappa shape index (κ3) is 1.40. The van der Waals surface area contributed by atoms with Crippen molar-refractivity contribution >= 4 is 0 Å². The Morgan fingerprint density at radius 1 is 1.06 bits per heavy atom. The van der Waals surface area contributed by atoms with E-state index in [0.29, 0.717) is 5.92 Å². The van der Waals surface area contributed by atoms with Gasteiger partial charge in [0.15, 0.2) is 0 Å². The molecule has 2 aliphatic carbocycles. The lowest BCUT2D eigenvalue weighted by Crippen LogP contribution is -2.52. The standard InChI is InChI=1S/C15H28O/c1-4-7-10-15(16)13-9-8-12(11-13)14(15,5-2)6-3/h12-13,16H,4-11H2,1-3H3. The van der Waals surface area contributed by atoms with E-state index in [1.54, 1.807) is 0 Å². The molecule has 1 N–H and O–H groups in total. The van der Waals surface area contributed by atoms with Crippen molar-refractivity contribution in [3.63, 3.8) is 0 Å². The number of unbranched alkanes of at least 4 members (excludes halogenated alkanes) is 1. The zero-order valence-electron chi connectivity index (χ0n) is 11.3. The molecule has 0 aromatic carbocycles. The highest BCUT2D eigenvalue weighted by Gasteiger charge is 2.64. The lowest BCUT2D eigenvalue weighted by Gasteiger charge is -2.50. The van der Waals surface area contributed by atoms with Crippen LogP contribution in [0.2, 0.25) is 0 Å². The van der Waals surface area contributed by atoms with Crippen LogP contribution in [0.3, 0.4) is 0 Å². The Hall–Kier alpha value is -0.0400. The Kier molecular flexibility index (Phi) is 3.36. The number of fused-ring (bicyclic) bond motifs is 2. The number of rotatable bonds is 5. The molecule has 1 heteroatoms. The van der Waals surface area contributed by atoms with E-state index in [4.69, 9.17) is 0 Å². The van der Waals surface area contributed by atoms with Gasteiger partial charge in [-0.1, -0.05) is 33.6 Å². The molecule has 0 aromatic rings. The molecule has 0 aliphatic heterocycles. The first-order valence-electron chi connectivity index (χ1n) is 7.37. The molecule has 2 fully saturated rings. The van der Waals surface area contributed by atoms with Crippen molar-refractivity contribution in [1.29, 1.82) is 0 Å². The van der Waals surface area contributed by atoms with E-state index >= 15 is 0 Å². The van der Waals surface area contributed by atoms with Crippen LogP contribution in [0.1, 0.15) is 72.1 Å². The first-order chi connectivity index (χ1) is 7.64. The van der Waals surface area contributed by atoms with Crippen LogP contribution < -0.4 is 0 Å². The molecule has 0 saturated heterocycles. The molecule has 0 aromatic heterocycles. The second-order valence-corrected chi connectivity index (χ2v) is 6.10. The van der Waals surface area contributed by atoms with Crippen molar-refractivity contribution < 1.29 is 5.11 Å². The van der Waals surface area contributed by atoms with Crippen molar-refractivity contribution in [1.82, 2.24) is 0 Å². The first kappa shape index (κ1) is 12.4. The third-order valence-electron chi connectivity index (χ3n) is 5.92. The topological polar surface area (TPSA) is 20.2 Å². The fourth-order valence-corrected chi connectivity index (χ4v) is 5.02. The fraction of sp³-hybridized carbons (Fsp3) is 1.00. The van der Waals surface area contributed by atoms with Crippen LogP contribution in [0.5, 0.6) is 0 Å². The van der Waals surface area contributed by atoms with Crippen LogP contribution in [0.4, 0.5) is 0 Å². The summed E-state index contributed by atoms with van der Waals surface area (Å²) in [5.41, 5.74) is -0.0689. The molecule has 0 amide bonds. The van der Waals surface area contributed by atoms with Crippen molar-refractivity contribution in [2.45, 2.75) is 77.7 Å². The summed E-state index contributed by atoms with van der Waals surface area (Å²) in [6, 6.07) is 0. The maximum absolute atomic E-state index is 11.2. The molecule has 2 aliphatic rings. The van der Waals surface area contributed by atoms with Gasteiger partial charge in [-0.15, -0.1) is 0 Å². The number of hydrogen-bond acceptors (Lipinski definition) is 1. The fourth-order valence-electron chi connectivity index (χ4n) is 5.02. The van der Waals surface area contributed by atoms with Crippen molar-refractivity contribution in [2.24, 2.45) is 17.3 Å². The Bertz CT molecular complexity index is 244. The third-order valence-corrected chi connectivity index (χ3v) is 5.92. The van der Waals surface area contributed by atoms with E-state index in [9.17, 15) is 5.11 Å². The van der Waals surface area contributed by atoms with Gasteiger partial charge < -0.3 is 5.11 Å². The van der Waals surface area contributed by atoms with Crippen molar-refractivity contribution in [2.75, 3.05) is 0 Å². The van der Waals surface area contributed by atoms with E-state index in [1.165, 1.54) is 44.9 Å². The minimum absolute atomic E-state index is 0.255. The van der Waals surface area contributed by atoms with Gasteiger partial charge in [-0.05, 0) is 50.4 Å². The highest BCUT2D eigenvalue weighted by Crippen LogP contribution is 2.66. The Morgan fingerprint density at radius 2 is 1.69 bits per heavy atom. The van der Waals surface area contributed by atoms with E-state index in [0.717, 1.165) is 12.3 Å². The van der Waals surface area contributed by atoms with E-state index < -0.39 is 0 Å². The van der Waals surface area contributed by atoms with E-state index in [-0.39, 0.29) is 11.0 Å². The molecule has 1 nitrogen and oxygen atoms in total. The molecule has 2 rings (SSSR count). The van der Waals surface area contributed by atoms with E-state index in [2.05, 4.69) is 20.8 Å². The molecule has 0 heterocycles. The molecule has 2 bridgehead atoms. The summed E-state index contributed by atoms with van der Waals surface area (Å²) in [6.45, 7) is 6.82. The number of hydrogen-bond donors (Lipinski definition) is 1. The summed E-state index contributed by atoms with van der Waals surface area (Å²) < 4.78 is 0. The molecule has 3 unspecified atom stereocenters. The van der Waals surface area contributed by atoms with Crippen molar-refractivity contribution in [3.05, 3.63) is 0 Å². The average Bonchev–Trinajstić information content (AvgIpc) is 2.86. The zero-order valence-corrected chi connectivity index (χ0v) is 11.3. The molecule has 3 atom stereocenters. The highest BCUT2D eigenvalue weighted by molar-refractivity contribution is 5.14. The minimum Gasteiger partial charge on any atom is -0.389 e. The molecule has 16 heavy (non-hydrogen) atoms. The number of aliphatic hydroxyl groups is 1. The maximum atomic E-state index is 11.2. The maximum Gasteiger partial charge on any atom is 0.0734 e. The van der Waals surface area contributed by atoms with E-state index in [1.807, 2.05) is 0 Å². The van der Waals surface area contributed by atoms with Gasteiger partial charge in [-0.2, -0.15) is 0 Å². The molecule has 0 radical (unpaired) electrons. The van der Waals surface area contributed by atoms with Gasteiger partial charge in [-0.3, -0.25) is 0 Å². The summed E-state index contributed by atoms with van der Waals surface area (Å²) in [6.07, 6.45) is 9.77. The largest absolute Gasteiger partial charge is 0.389 e. The van der Waals surface area contributed by atoms with Gasteiger partial charge in [0.05, 0.1) is 5.60 Å². The Balaban J connectivity index is 2.26. The monoisotopic (exact) mass is 224 g/mol.